The fourth-order valence-electron chi connectivity index (χ4n) is 4.72. The van der Waals surface area contributed by atoms with E-state index in [1.165, 1.54) is 77.0 Å². The van der Waals surface area contributed by atoms with Crippen molar-refractivity contribution in [1.82, 2.24) is 0 Å². The Bertz CT molecular complexity index is 706. The van der Waals surface area contributed by atoms with Crippen LogP contribution < -0.4 is 0 Å². The molecule has 0 aliphatic heterocycles. The van der Waals surface area contributed by atoms with Gasteiger partial charge in [0.25, 0.3) is 0 Å². The summed E-state index contributed by atoms with van der Waals surface area (Å²) >= 11 is 0. The van der Waals surface area contributed by atoms with Crippen LogP contribution in [0.3, 0.4) is 0 Å². The molecule has 0 fully saturated rings. The lowest BCUT2D eigenvalue weighted by atomic mass is 10.1. The van der Waals surface area contributed by atoms with E-state index >= 15 is 0 Å². The predicted molar refractivity (Wildman–Crippen MR) is 170 cm³/mol. The molecule has 0 rings (SSSR count). The molecule has 2 N–H and O–H groups in total. The van der Waals surface area contributed by atoms with Gasteiger partial charge in [-0.15, -0.1) is 0 Å². The van der Waals surface area contributed by atoms with Gasteiger partial charge in [-0.3, -0.25) is 14.1 Å². The number of hydrogen-bond donors (Lipinski definition) is 2. The van der Waals surface area contributed by atoms with Gasteiger partial charge in [-0.25, -0.2) is 4.57 Å². The summed E-state index contributed by atoms with van der Waals surface area (Å²) in [6.07, 6.45) is 29.3. The van der Waals surface area contributed by atoms with Crippen molar-refractivity contribution in [3.8, 4) is 0 Å². The highest BCUT2D eigenvalue weighted by molar-refractivity contribution is 7.46. The highest BCUT2D eigenvalue weighted by Crippen LogP contribution is 2.35. The van der Waals surface area contributed by atoms with Gasteiger partial charge >= 0.3 is 19.8 Å². The number of allylic oxidation sites excluding steroid dienone is 2. The summed E-state index contributed by atoms with van der Waals surface area (Å²) in [5, 5.41) is 0. The zero-order valence-corrected chi connectivity index (χ0v) is 27.8. The van der Waals surface area contributed by atoms with Crippen LogP contribution in [-0.2, 0) is 28.2 Å². The van der Waals surface area contributed by atoms with Gasteiger partial charge < -0.3 is 19.3 Å². The van der Waals surface area contributed by atoms with Crippen molar-refractivity contribution in [2.24, 2.45) is 0 Å². The van der Waals surface area contributed by atoms with Crippen LogP contribution in [0.4, 0.5) is 0 Å². The Kier molecular flexibility index (Phi) is 29.0. The second kappa shape index (κ2) is 29.8. The van der Waals surface area contributed by atoms with E-state index in [-0.39, 0.29) is 19.4 Å². The van der Waals surface area contributed by atoms with Crippen molar-refractivity contribution in [2.45, 2.75) is 174 Å². The first-order valence-corrected chi connectivity index (χ1v) is 18.5. The van der Waals surface area contributed by atoms with Gasteiger partial charge in [0.2, 0.25) is 0 Å². The van der Waals surface area contributed by atoms with Crippen molar-refractivity contribution >= 4 is 19.8 Å². The van der Waals surface area contributed by atoms with E-state index in [0.29, 0.717) is 12.8 Å². The fourth-order valence-corrected chi connectivity index (χ4v) is 5.08. The maximum absolute atomic E-state index is 12.3. The number of esters is 2. The normalized spacial score (nSPS) is 12.6. The summed E-state index contributed by atoms with van der Waals surface area (Å²) in [6, 6.07) is 0. The van der Waals surface area contributed by atoms with Crippen LogP contribution >= 0.6 is 7.82 Å². The van der Waals surface area contributed by atoms with Gasteiger partial charge in [-0.1, -0.05) is 129 Å². The number of phosphoric acid groups is 1. The van der Waals surface area contributed by atoms with E-state index < -0.39 is 32.5 Å². The average Bonchev–Trinajstić information content (AvgIpc) is 2.95. The van der Waals surface area contributed by atoms with Crippen LogP contribution in [0.1, 0.15) is 168 Å². The summed E-state index contributed by atoms with van der Waals surface area (Å²) in [4.78, 5) is 42.5. The number of phosphoric ester groups is 1. The lowest BCUT2D eigenvalue weighted by molar-refractivity contribution is -0.161. The molecular formula is C33H63O8P. The maximum atomic E-state index is 12.3. The minimum atomic E-state index is -4.74. The molecule has 0 amide bonds. The third kappa shape index (κ3) is 31.7. The molecule has 0 aromatic rings. The van der Waals surface area contributed by atoms with Crippen LogP contribution in [0.15, 0.2) is 12.2 Å². The van der Waals surface area contributed by atoms with Gasteiger partial charge in [0, 0.05) is 12.8 Å². The Morgan fingerprint density at radius 1 is 0.595 bits per heavy atom. The smallest absolute Gasteiger partial charge is 0.462 e. The molecule has 0 heterocycles. The van der Waals surface area contributed by atoms with E-state index in [1.54, 1.807) is 0 Å². The molecule has 0 saturated carbocycles. The van der Waals surface area contributed by atoms with Crippen molar-refractivity contribution in [3.63, 3.8) is 0 Å². The first kappa shape index (κ1) is 40.8. The van der Waals surface area contributed by atoms with Crippen molar-refractivity contribution in [2.75, 3.05) is 13.2 Å². The topological polar surface area (TPSA) is 119 Å². The molecule has 0 aliphatic rings. The molecule has 0 spiro atoms. The minimum Gasteiger partial charge on any atom is -0.462 e. The van der Waals surface area contributed by atoms with Crippen LogP contribution in [0.2, 0.25) is 0 Å². The first-order valence-electron chi connectivity index (χ1n) is 17.0. The molecule has 9 heteroatoms. The van der Waals surface area contributed by atoms with Gasteiger partial charge in [0.1, 0.15) is 6.61 Å². The Hall–Kier alpha value is -1.21. The third-order valence-corrected chi connectivity index (χ3v) is 7.77. The number of carbonyl (C=O) groups is 2. The summed E-state index contributed by atoms with van der Waals surface area (Å²) < 4.78 is 26.2. The van der Waals surface area contributed by atoms with Crippen molar-refractivity contribution < 1.29 is 37.9 Å². The molecule has 0 bridgehead atoms. The molecular weight excluding hydrogens is 555 g/mol. The lowest BCUT2D eigenvalue weighted by Crippen LogP contribution is -2.29. The van der Waals surface area contributed by atoms with E-state index in [0.717, 1.165) is 51.4 Å². The predicted octanol–water partition coefficient (Wildman–Crippen LogP) is 9.51. The molecule has 42 heavy (non-hydrogen) atoms. The average molecular weight is 619 g/mol. The fraction of sp³-hybridized carbons (Fsp3) is 0.879. The third-order valence-electron chi connectivity index (χ3n) is 7.28. The number of hydrogen-bond acceptors (Lipinski definition) is 6. The van der Waals surface area contributed by atoms with Crippen LogP contribution in [0, 0.1) is 0 Å². The van der Waals surface area contributed by atoms with E-state index in [2.05, 4.69) is 30.5 Å². The van der Waals surface area contributed by atoms with Crippen LogP contribution in [-0.4, -0.2) is 41.0 Å². The van der Waals surface area contributed by atoms with Gasteiger partial charge in [0.05, 0.1) is 6.61 Å². The maximum Gasteiger partial charge on any atom is 0.469 e. The number of carbonyl (C=O) groups excluding carboxylic acids is 2. The summed E-state index contributed by atoms with van der Waals surface area (Å²) in [5.74, 6) is -0.892. The van der Waals surface area contributed by atoms with E-state index in [9.17, 15) is 14.2 Å². The largest absolute Gasteiger partial charge is 0.469 e. The molecule has 1 atom stereocenters. The van der Waals surface area contributed by atoms with Crippen molar-refractivity contribution in [1.29, 1.82) is 0 Å². The Morgan fingerprint density at radius 3 is 1.48 bits per heavy atom. The van der Waals surface area contributed by atoms with E-state index in [1.807, 2.05) is 0 Å². The Morgan fingerprint density at radius 2 is 1.00 bits per heavy atom. The van der Waals surface area contributed by atoms with Crippen molar-refractivity contribution in [3.05, 3.63) is 12.2 Å². The zero-order valence-electron chi connectivity index (χ0n) is 26.9. The molecule has 248 valence electrons. The van der Waals surface area contributed by atoms with E-state index in [4.69, 9.17) is 19.3 Å². The molecule has 8 nitrogen and oxygen atoms in total. The summed E-state index contributed by atoms with van der Waals surface area (Å²) in [5.41, 5.74) is 0. The molecule has 0 aromatic carbocycles. The molecule has 0 unspecified atom stereocenters. The SMILES string of the molecule is CCCCCC/C=C/CCCCCCCC(=O)OC[C@H](COP(=O)(O)O)OC(=O)CCCCCCCCCCCCC. The molecule has 0 saturated heterocycles. The van der Waals surface area contributed by atoms with Gasteiger partial charge in [-0.05, 0) is 38.5 Å². The monoisotopic (exact) mass is 618 g/mol. The standard InChI is InChI=1S/C33H63O8P/c1-3-5-7-9-11-13-15-16-18-19-21-23-25-27-32(34)39-29-31(30-40-42(36,37)38)41-33(35)28-26-24-22-20-17-14-12-10-8-6-4-2/h13,15,31H,3-12,14,16-30H2,1-2H3,(H2,36,37,38)/b15-13+/t31-/m1/s1. The zero-order chi connectivity index (χ0) is 31.2. The van der Waals surface area contributed by atoms with Gasteiger partial charge in [-0.2, -0.15) is 0 Å². The summed E-state index contributed by atoms with van der Waals surface area (Å²) in [6.45, 7) is 3.63. The number of rotatable bonds is 31. The number of unbranched alkanes of at least 4 members (excludes halogenated alkanes) is 19. The second-order valence-electron chi connectivity index (χ2n) is 11.5. The lowest BCUT2D eigenvalue weighted by Gasteiger charge is -2.18. The molecule has 0 radical (unpaired) electrons. The molecule has 0 aliphatic carbocycles. The Labute approximate surface area is 257 Å². The van der Waals surface area contributed by atoms with Crippen LogP contribution in [0.5, 0.6) is 0 Å². The highest BCUT2D eigenvalue weighted by atomic mass is 31.2. The Balaban J connectivity index is 4.01. The first-order chi connectivity index (χ1) is 20.3. The van der Waals surface area contributed by atoms with Crippen LogP contribution in [0.25, 0.3) is 0 Å². The number of ether oxygens (including phenoxy) is 2. The highest BCUT2D eigenvalue weighted by Gasteiger charge is 2.22. The quantitative estimate of drug-likeness (QED) is 0.0341. The molecule has 0 aromatic heterocycles. The van der Waals surface area contributed by atoms with Gasteiger partial charge in [0.15, 0.2) is 6.10 Å². The summed E-state index contributed by atoms with van der Waals surface area (Å²) in [7, 11) is -4.74. The second-order valence-corrected chi connectivity index (χ2v) is 12.7. The minimum absolute atomic E-state index is 0.214.